The maximum atomic E-state index is 2.47. The van der Waals surface area contributed by atoms with E-state index in [9.17, 15) is 0 Å². The van der Waals surface area contributed by atoms with E-state index in [1.165, 1.54) is 88.1 Å². The van der Waals surface area contributed by atoms with Crippen molar-refractivity contribution in [2.24, 2.45) is 0 Å². The second-order valence-electron chi connectivity index (χ2n) is 14.6. The van der Waals surface area contributed by atoms with Crippen molar-refractivity contribution in [1.29, 1.82) is 0 Å². The van der Waals surface area contributed by atoms with Crippen LogP contribution >= 0.6 is 15.8 Å². The number of aryl methyl sites for hydroxylation is 8. The van der Waals surface area contributed by atoms with Crippen LogP contribution in [0.2, 0.25) is 0 Å². The molecule has 0 saturated heterocycles. The average Bonchev–Trinajstić information content (AvgIpc) is 3.80. The predicted octanol–water partition coefficient (Wildman–Crippen LogP) is 11.3. The molecule has 0 heterocycles. The molecule has 2 aliphatic carbocycles. The molecule has 53 heavy (non-hydrogen) atoms. The molecular weight excluding hydrogens is 718 g/mol. The Morgan fingerprint density at radius 2 is 0.849 bits per heavy atom. The molecule has 0 aromatic heterocycles. The van der Waals surface area contributed by atoms with Crippen LogP contribution in [-0.2, 0) is 17.1 Å². The third kappa shape index (κ3) is 9.95. The Balaban J connectivity index is 0.000000833. The van der Waals surface area contributed by atoms with Crippen LogP contribution in [-0.4, -0.2) is 5.66 Å². The fourth-order valence-corrected chi connectivity index (χ4v) is 13.7. The number of allylic oxidation sites excluding steroid dienone is 8. The van der Waals surface area contributed by atoms with Crippen LogP contribution in [0.4, 0.5) is 0 Å². The van der Waals surface area contributed by atoms with E-state index < -0.39 is 15.8 Å². The molecular formula is C50H52FeP2. The molecule has 5 aromatic carbocycles. The molecule has 0 aliphatic heterocycles. The summed E-state index contributed by atoms with van der Waals surface area (Å²) in [5.74, 6) is 1.44. The molecule has 270 valence electrons. The van der Waals surface area contributed by atoms with Gasteiger partial charge in [0.25, 0.3) is 0 Å². The van der Waals surface area contributed by atoms with Gasteiger partial charge in [0.2, 0.25) is 0 Å². The first kappa shape index (κ1) is 40.6. The molecule has 7 rings (SSSR count). The quantitative estimate of drug-likeness (QED) is 0.109. The third-order valence-electron chi connectivity index (χ3n) is 9.58. The normalized spacial score (nSPS) is 14.0. The van der Waals surface area contributed by atoms with Crippen LogP contribution in [0.25, 0.3) is 5.57 Å². The number of rotatable bonds is 8. The fourth-order valence-electron chi connectivity index (χ4n) is 7.76. The zero-order valence-electron chi connectivity index (χ0n) is 32.7. The summed E-state index contributed by atoms with van der Waals surface area (Å²) in [7, 11) is -1.44. The Morgan fingerprint density at radius 1 is 0.453 bits per heavy atom. The first-order valence-electron chi connectivity index (χ1n) is 18.4. The van der Waals surface area contributed by atoms with Crippen molar-refractivity contribution in [1.82, 2.24) is 0 Å². The minimum absolute atomic E-state index is 0. The van der Waals surface area contributed by atoms with E-state index in [1.807, 2.05) is 30.7 Å². The second kappa shape index (κ2) is 18.2. The van der Waals surface area contributed by atoms with Crippen molar-refractivity contribution >= 4 is 47.9 Å². The molecule has 2 aliphatic rings. The Bertz CT molecular complexity index is 2010. The van der Waals surface area contributed by atoms with E-state index in [4.69, 9.17) is 0 Å². The zero-order valence-corrected chi connectivity index (χ0v) is 35.6. The molecule has 3 heteroatoms. The van der Waals surface area contributed by atoms with Crippen LogP contribution in [0, 0.1) is 67.7 Å². The van der Waals surface area contributed by atoms with Gasteiger partial charge in [0.15, 0.2) is 0 Å². The summed E-state index contributed by atoms with van der Waals surface area (Å²) >= 11 is 0. The third-order valence-corrected chi connectivity index (χ3v) is 14.7. The number of benzene rings is 5. The Morgan fingerprint density at radius 3 is 1.25 bits per heavy atom. The molecule has 0 saturated carbocycles. The van der Waals surface area contributed by atoms with Gasteiger partial charge in [0.1, 0.15) is 0 Å². The molecule has 1 atom stereocenters. The summed E-state index contributed by atoms with van der Waals surface area (Å²) in [5.41, 5.74) is 13.7. The predicted molar refractivity (Wildman–Crippen MR) is 235 cm³/mol. The van der Waals surface area contributed by atoms with Gasteiger partial charge in [0.05, 0.1) is 0 Å². The van der Waals surface area contributed by atoms with Crippen molar-refractivity contribution in [3.63, 3.8) is 0 Å². The van der Waals surface area contributed by atoms with Gasteiger partial charge < -0.3 is 0 Å². The van der Waals surface area contributed by atoms with Gasteiger partial charge in [-0.1, -0.05) is 191 Å². The van der Waals surface area contributed by atoms with E-state index in [-0.39, 0.29) is 17.1 Å². The Hall–Kier alpha value is -3.56. The molecule has 2 radical (unpaired) electrons. The first-order chi connectivity index (χ1) is 25.0. The van der Waals surface area contributed by atoms with Gasteiger partial charge in [-0.3, -0.25) is 0 Å². The van der Waals surface area contributed by atoms with Crippen LogP contribution in [0.15, 0.2) is 140 Å². The van der Waals surface area contributed by atoms with Gasteiger partial charge in [-0.2, -0.15) is 0 Å². The zero-order chi connectivity index (χ0) is 36.9. The summed E-state index contributed by atoms with van der Waals surface area (Å²) in [6.07, 6.45) is 17.1. The number of hydrogen-bond donors (Lipinski definition) is 0. The molecule has 0 spiro atoms. The van der Waals surface area contributed by atoms with Crippen LogP contribution < -0.4 is 26.5 Å². The van der Waals surface area contributed by atoms with Gasteiger partial charge >= 0.3 is 0 Å². The van der Waals surface area contributed by atoms with E-state index >= 15 is 0 Å². The second-order valence-corrected chi connectivity index (χ2v) is 19.4. The summed E-state index contributed by atoms with van der Waals surface area (Å²) in [6, 6.07) is 37.8. The maximum Gasteiger partial charge on any atom is 0.0350 e. The van der Waals surface area contributed by atoms with E-state index in [0.717, 1.165) is 0 Å². The number of hydrogen-bond acceptors (Lipinski definition) is 0. The van der Waals surface area contributed by atoms with E-state index in [0.29, 0.717) is 5.66 Å². The maximum absolute atomic E-state index is 2.47. The van der Waals surface area contributed by atoms with Crippen LogP contribution in [0.1, 0.15) is 57.0 Å². The molecule has 0 fully saturated rings. The molecule has 0 nitrogen and oxygen atoms in total. The summed E-state index contributed by atoms with van der Waals surface area (Å²) in [4.78, 5) is 0. The first-order valence-corrected chi connectivity index (χ1v) is 21.2. The standard InChI is InChI=1S/C45H47P2.C5H5.Fe/c1-29-17-30(2)22-38(21-29)46(39-23-31(3)18-32(4)24-39)37(9)42-14-12-15-43(42)44-13-10-11-16-45(44)47(40-25-33(5)19-34(6)26-40)41-27-35(7)20-36(8)28-41;1-2-4-5-3-1;/h10-28,37H,1-9H3;1-5H;. The average molecular weight is 771 g/mol. The van der Waals surface area contributed by atoms with Crippen LogP contribution in [0.5, 0.6) is 0 Å². The minimum Gasteiger partial charge on any atom is -0.0767 e. The summed E-state index contributed by atoms with van der Waals surface area (Å²) in [5, 5.41) is 7.19. The van der Waals surface area contributed by atoms with Crippen molar-refractivity contribution in [3.05, 3.63) is 202 Å². The Kier molecular flexibility index (Phi) is 13.9. The largest absolute Gasteiger partial charge is 0.0767 e. The molecule has 0 N–H and O–H groups in total. The van der Waals surface area contributed by atoms with Crippen LogP contribution in [0.3, 0.4) is 0 Å². The monoisotopic (exact) mass is 770 g/mol. The summed E-state index contributed by atoms with van der Waals surface area (Å²) < 4.78 is 0. The smallest absolute Gasteiger partial charge is 0.0350 e. The van der Waals surface area contributed by atoms with Gasteiger partial charge in [-0.05, 0) is 115 Å². The molecule has 0 amide bonds. The van der Waals surface area contributed by atoms with E-state index in [2.05, 4.69) is 178 Å². The van der Waals surface area contributed by atoms with Gasteiger partial charge in [-0.25, -0.2) is 0 Å². The SMILES string of the molecule is Cc1cc(C)cc(P(c2cc(C)cc(C)c2)c2ccccc2C2=CC=C[C]2C(C)P(c2cc(C)cc(C)c2)c2cc(C)cc(C)c2)c1.[CH]1C=CC=C1.[Fe]. The minimum atomic E-state index is -0.783. The van der Waals surface area contributed by atoms with Crippen molar-refractivity contribution in [3.8, 4) is 0 Å². The molecule has 5 aromatic rings. The van der Waals surface area contributed by atoms with Gasteiger partial charge in [-0.15, -0.1) is 0 Å². The van der Waals surface area contributed by atoms with Gasteiger partial charge in [0, 0.05) is 29.4 Å². The molecule has 1 unspecified atom stereocenters. The van der Waals surface area contributed by atoms with Crippen molar-refractivity contribution < 1.29 is 17.1 Å². The molecule has 0 bridgehead atoms. The topological polar surface area (TPSA) is 0 Å². The fraction of sp³-hybridized carbons (Fsp3) is 0.200. The van der Waals surface area contributed by atoms with Crippen molar-refractivity contribution in [2.75, 3.05) is 0 Å². The summed E-state index contributed by atoms with van der Waals surface area (Å²) in [6.45, 7) is 20.4. The van der Waals surface area contributed by atoms with E-state index in [1.54, 1.807) is 0 Å². The Labute approximate surface area is 333 Å². The van der Waals surface area contributed by atoms with Crippen molar-refractivity contribution in [2.45, 2.75) is 68.0 Å².